The van der Waals surface area contributed by atoms with Gasteiger partial charge in [-0.15, -0.1) is 11.3 Å². The lowest BCUT2D eigenvalue weighted by molar-refractivity contribution is -0.0882. The summed E-state index contributed by atoms with van der Waals surface area (Å²) in [6.07, 6.45) is 7.48. The first-order valence-corrected chi connectivity index (χ1v) is 7.81. The van der Waals surface area contributed by atoms with E-state index in [0.717, 1.165) is 31.8 Å². The van der Waals surface area contributed by atoms with Crippen molar-refractivity contribution >= 4 is 11.3 Å². The molecular formula is C14H24N2OS. The van der Waals surface area contributed by atoms with Crippen LogP contribution in [0.4, 0.5) is 0 Å². The average Bonchev–Trinajstić information content (AvgIpc) is 2.85. The summed E-state index contributed by atoms with van der Waals surface area (Å²) < 4.78 is 6.09. The Morgan fingerprint density at radius 2 is 2.28 bits per heavy atom. The topological polar surface area (TPSA) is 48.1 Å². The molecule has 0 spiro atoms. The standard InChI is InChI=1S/C14H24N2OS/c1-3-17-14(6-4-11(2)5-7-14)13(15)8-12-9-16-10-18-12/h9-11,13H,3-8,15H2,1-2H3. The fraction of sp³-hybridized carbons (Fsp3) is 0.786. The minimum Gasteiger partial charge on any atom is -0.374 e. The average molecular weight is 268 g/mol. The van der Waals surface area contributed by atoms with E-state index in [2.05, 4.69) is 18.8 Å². The zero-order chi connectivity index (χ0) is 13.0. The van der Waals surface area contributed by atoms with Crippen LogP contribution in [0.15, 0.2) is 11.7 Å². The van der Waals surface area contributed by atoms with Crippen LogP contribution >= 0.6 is 11.3 Å². The third-order valence-corrected chi connectivity index (χ3v) is 4.93. The Bertz CT molecular complexity index is 345. The highest BCUT2D eigenvalue weighted by molar-refractivity contribution is 7.09. The number of thiazole rings is 1. The molecule has 0 radical (unpaired) electrons. The van der Waals surface area contributed by atoms with Gasteiger partial charge in [0.1, 0.15) is 0 Å². The largest absolute Gasteiger partial charge is 0.374 e. The molecule has 0 aliphatic heterocycles. The van der Waals surface area contributed by atoms with Gasteiger partial charge in [0, 0.05) is 30.1 Å². The predicted octanol–water partition coefficient (Wildman–Crippen LogP) is 3.00. The molecule has 1 unspecified atom stereocenters. The van der Waals surface area contributed by atoms with Gasteiger partial charge in [0.15, 0.2) is 0 Å². The zero-order valence-electron chi connectivity index (χ0n) is 11.4. The summed E-state index contributed by atoms with van der Waals surface area (Å²) in [7, 11) is 0. The van der Waals surface area contributed by atoms with Gasteiger partial charge in [0.05, 0.1) is 11.1 Å². The van der Waals surface area contributed by atoms with E-state index in [0.29, 0.717) is 0 Å². The van der Waals surface area contributed by atoms with Crippen LogP contribution in [0.1, 0.15) is 44.4 Å². The number of hydrogen-bond donors (Lipinski definition) is 1. The van der Waals surface area contributed by atoms with Crippen molar-refractivity contribution in [2.45, 2.75) is 57.6 Å². The van der Waals surface area contributed by atoms with Gasteiger partial charge in [-0.25, -0.2) is 0 Å². The van der Waals surface area contributed by atoms with Crippen LogP contribution in [0, 0.1) is 5.92 Å². The minimum atomic E-state index is -0.106. The molecule has 1 aromatic heterocycles. The summed E-state index contributed by atoms with van der Waals surface area (Å²) in [5, 5.41) is 0. The van der Waals surface area contributed by atoms with Crippen LogP contribution in [0.5, 0.6) is 0 Å². The lowest BCUT2D eigenvalue weighted by Crippen LogP contribution is -2.53. The number of hydrogen-bond acceptors (Lipinski definition) is 4. The van der Waals surface area contributed by atoms with Crippen molar-refractivity contribution in [3.05, 3.63) is 16.6 Å². The molecule has 0 bridgehead atoms. The fourth-order valence-corrected chi connectivity index (χ4v) is 3.56. The van der Waals surface area contributed by atoms with Gasteiger partial charge < -0.3 is 10.5 Å². The van der Waals surface area contributed by atoms with Gasteiger partial charge in [-0.2, -0.15) is 0 Å². The number of nitrogens with two attached hydrogens (primary N) is 1. The minimum absolute atomic E-state index is 0.0883. The molecule has 1 heterocycles. The molecule has 1 saturated carbocycles. The van der Waals surface area contributed by atoms with Gasteiger partial charge in [0.2, 0.25) is 0 Å². The molecular weight excluding hydrogens is 244 g/mol. The third-order valence-electron chi connectivity index (χ3n) is 4.13. The molecule has 1 atom stereocenters. The van der Waals surface area contributed by atoms with Crippen molar-refractivity contribution in [3.8, 4) is 0 Å². The van der Waals surface area contributed by atoms with E-state index >= 15 is 0 Å². The van der Waals surface area contributed by atoms with Crippen molar-refractivity contribution in [2.24, 2.45) is 11.7 Å². The maximum absolute atomic E-state index is 6.46. The second kappa shape index (κ2) is 6.13. The maximum atomic E-state index is 6.46. The quantitative estimate of drug-likeness (QED) is 0.893. The number of rotatable bonds is 5. The Morgan fingerprint density at radius 1 is 1.56 bits per heavy atom. The van der Waals surface area contributed by atoms with Crippen LogP contribution in [-0.4, -0.2) is 23.2 Å². The Balaban J connectivity index is 2.04. The van der Waals surface area contributed by atoms with Gasteiger partial charge in [-0.1, -0.05) is 6.92 Å². The Hall–Kier alpha value is -0.450. The van der Waals surface area contributed by atoms with Crippen molar-refractivity contribution in [2.75, 3.05) is 6.61 Å². The summed E-state index contributed by atoms with van der Waals surface area (Å²) in [6.45, 7) is 5.15. The molecule has 2 N–H and O–H groups in total. The Morgan fingerprint density at radius 3 is 2.83 bits per heavy atom. The maximum Gasteiger partial charge on any atom is 0.0836 e. The highest BCUT2D eigenvalue weighted by Gasteiger charge is 2.40. The van der Waals surface area contributed by atoms with E-state index < -0.39 is 0 Å². The number of aromatic nitrogens is 1. The van der Waals surface area contributed by atoms with Crippen molar-refractivity contribution in [1.82, 2.24) is 4.98 Å². The van der Waals surface area contributed by atoms with Gasteiger partial charge in [-0.3, -0.25) is 4.98 Å². The van der Waals surface area contributed by atoms with E-state index in [1.54, 1.807) is 11.3 Å². The molecule has 0 amide bonds. The van der Waals surface area contributed by atoms with Gasteiger partial charge in [0.25, 0.3) is 0 Å². The van der Waals surface area contributed by atoms with Crippen molar-refractivity contribution in [1.29, 1.82) is 0 Å². The fourth-order valence-electron chi connectivity index (χ4n) is 2.91. The molecule has 3 nitrogen and oxygen atoms in total. The van der Waals surface area contributed by atoms with E-state index in [1.165, 1.54) is 17.7 Å². The first kappa shape index (κ1) is 14.0. The number of ether oxygens (including phenoxy) is 1. The molecule has 4 heteroatoms. The molecule has 0 aromatic carbocycles. The second-order valence-electron chi connectivity index (χ2n) is 5.46. The normalized spacial score (nSPS) is 30.3. The summed E-state index contributed by atoms with van der Waals surface area (Å²) in [4.78, 5) is 5.39. The highest BCUT2D eigenvalue weighted by Crippen LogP contribution is 2.37. The van der Waals surface area contributed by atoms with E-state index in [4.69, 9.17) is 10.5 Å². The molecule has 0 saturated heterocycles. The molecule has 2 rings (SSSR count). The third kappa shape index (κ3) is 3.11. The van der Waals surface area contributed by atoms with Crippen LogP contribution in [-0.2, 0) is 11.2 Å². The van der Waals surface area contributed by atoms with Gasteiger partial charge >= 0.3 is 0 Å². The van der Waals surface area contributed by atoms with Crippen LogP contribution in [0.3, 0.4) is 0 Å². The SMILES string of the molecule is CCOC1(C(N)Cc2cncs2)CCC(C)CC1. The lowest BCUT2D eigenvalue weighted by atomic mass is 9.74. The smallest absolute Gasteiger partial charge is 0.0836 e. The van der Waals surface area contributed by atoms with E-state index in [-0.39, 0.29) is 11.6 Å². The summed E-state index contributed by atoms with van der Waals surface area (Å²) in [5.74, 6) is 0.814. The van der Waals surface area contributed by atoms with Crippen LogP contribution in [0.2, 0.25) is 0 Å². The Labute approximate surface area is 114 Å². The lowest BCUT2D eigenvalue weighted by Gasteiger charge is -2.43. The van der Waals surface area contributed by atoms with Crippen molar-refractivity contribution in [3.63, 3.8) is 0 Å². The summed E-state index contributed by atoms with van der Waals surface area (Å²) in [5.41, 5.74) is 8.23. The Kier molecular flexibility index (Phi) is 4.76. The molecule has 1 aliphatic rings. The van der Waals surface area contributed by atoms with E-state index in [1.807, 2.05) is 11.7 Å². The van der Waals surface area contributed by atoms with Gasteiger partial charge in [-0.05, 0) is 38.5 Å². The zero-order valence-corrected chi connectivity index (χ0v) is 12.2. The number of nitrogens with zero attached hydrogens (tertiary/aromatic N) is 1. The van der Waals surface area contributed by atoms with Crippen LogP contribution < -0.4 is 5.73 Å². The molecule has 1 fully saturated rings. The monoisotopic (exact) mass is 268 g/mol. The summed E-state index contributed by atoms with van der Waals surface area (Å²) in [6, 6.07) is 0.0883. The second-order valence-corrected chi connectivity index (χ2v) is 6.43. The molecule has 18 heavy (non-hydrogen) atoms. The van der Waals surface area contributed by atoms with Crippen molar-refractivity contribution < 1.29 is 4.74 Å². The summed E-state index contributed by atoms with van der Waals surface area (Å²) >= 11 is 1.69. The van der Waals surface area contributed by atoms with Crippen LogP contribution in [0.25, 0.3) is 0 Å². The molecule has 1 aromatic rings. The predicted molar refractivity (Wildman–Crippen MR) is 75.8 cm³/mol. The highest BCUT2D eigenvalue weighted by atomic mass is 32.1. The first-order chi connectivity index (χ1) is 8.66. The van der Waals surface area contributed by atoms with E-state index in [9.17, 15) is 0 Å². The first-order valence-electron chi connectivity index (χ1n) is 6.93. The molecule has 1 aliphatic carbocycles. The molecule has 102 valence electrons.